The zero-order chi connectivity index (χ0) is 22.6. The number of halogens is 1. The van der Waals surface area contributed by atoms with Crippen molar-refractivity contribution in [3.63, 3.8) is 0 Å². The van der Waals surface area contributed by atoms with Crippen LogP contribution in [0.1, 0.15) is 19.4 Å². The molecule has 8 heteroatoms. The van der Waals surface area contributed by atoms with Gasteiger partial charge in [-0.15, -0.1) is 0 Å². The molecule has 4 aromatic rings. The fourth-order valence-electron chi connectivity index (χ4n) is 2.99. The molecule has 0 saturated carbocycles. The van der Waals surface area contributed by atoms with E-state index in [1.165, 1.54) is 0 Å². The number of fused-ring (bicyclic) bond motifs is 1. The molecular formula is C23H24BBrN2O4. The van der Waals surface area contributed by atoms with E-state index in [0.717, 1.165) is 32.5 Å². The van der Waals surface area contributed by atoms with E-state index >= 15 is 0 Å². The summed E-state index contributed by atoms with van der Waals surface area (Å²) >= 11 is 3.49. The summed E-state index contributed by atoms with van der Waals surface area (Å²) < 4.78 is 8.26. The van der Waals surface area contributed by atoms with Crippen LogP contribution in [0.15, 0.2) is 77.5 Å². The molecule has 0 bridgehead atoms. The van der Waals surface area contributed by atoms with E-state index in [1.807, 2.05) is 42.7 Å². The van der Waals surface area contributed by atoms with Crippen molar-refractivity contribution in [3.05, 3.63) is 83.1 Å². The van der Waals surface area contributed by atoms with Gasteiger partial charge in [-0.2, -0.15) is 0 Å². The highest BCUT2D eigenvalue weighted by atomic mass is 79.9. The second-order valence-corrected chi connectivity index (χ2v) is 8.42. The van der Waals surface area contributed by atoms with Crippen LogP contribution in [-0.2, 0) is 5.60 Å². The summed E-state index contributed by atoms with van der Waals surface area (Å²) in [6.07, 6.45) is 1.83. The standard InChI is InChI=1S/C14H11BrN2O.C9H13BO3/c1-18-12-5-3-11(4-6-12)17-9-16-13-7-2-10(15)8-14(13)17;1-9(2,11)7-3-5-8(6-4-7)10(12)13/h2-9H,1H3;3-6,11-13H,1-2H3. The van der Waals surface area contributed by atoms with Crippen molar-refractivity contribution >= 4 is 39.5 Å². The summed E-state index contributed by atoms with van der Waals surface area (Å²) in [4.78, 5) is 4.39. The Morgan fingerprint density at radius 2 is 1.61 bits per heavy atom. The highest BCUT2D eigenvalue weighted by molar-refractivity contribution is 9.10. The Labute approximate surface area is 190 Å². The van der Waals surface area contributed by atoms with Crippen molar-refractivity contribution in [3.8, 4) is 11.4 Å². The minimum absolute atomic E-state index is 0.424. The Morgan fingerprint density at radius 3 is 2.16 bits per heavy atom. The molecule has 0 radical (unpaired) electrons. The van der Waals surface area contributed by atoms with E-state index in [-0.39, 0.29) is 0 Å². The van der Waals surface area contributed by atoms with Gasteiger partial charge in [0.15, 0.2) is 0 Å². The Hall–Kier alpha value is -2.65. The molecule has 0 atom stereocenters. The third kappa shape index (κ3) is 5.74. The summed E-state index contributed by atoms with van der Waals surface area (Å²) in [6.45, 7) is 3.36. The van der Waals surface area contributed by atoms with Gasteiger partial charge in [0.1, 0.15) is 12.1 Å². The lowest BCUT2D eigenvalue weighted by Gasteiger charge is -2.17. The lowest BCUT2D eigenvalue weighted by Crippen LogP contribution is -2.30. The van der Waals surface area contributed by atoms with E-state index in [1.54, 1.807) is 45.2 Å². The molecule has 1 aromatic heterocycles. The molecule has 0 aliphatic rings. The Morgan fingerprint density at radius 1 is 0.968 bits per heavy atom. The molecule has 3 N–H and O–H groups in total. The average molecular weight is 483 g/mol. The number of hydrogen-bond acceptors (Lipinski definition) is 5. The number of nitrogens with zero attached hydrogens (tertiary/aromatic N) is 2. The molecule has 0 spiro atoms. The monoisotopic (exact) mass is 482 g/mol. The summed E-state index contributed by atoms with van der Waals surface area (Å²) in [7, 11) is 0.217. The maximum atomic E-state index is 9.59. The maximum absolute atomic E-state index is 9.59. The SMILES string of the molecule is CC(C)(O)c1ccc(B(O)O)cc1.COc1ccc(-n2cnc3ccc(Br)cc32)cc1. The molecule has 3 aromatic carbocycles. The molecule has 0 aliphatic carbocycles. The smallest absolute Gasteiger partial charge is 0.488 e. The van der Waals surface area contributed by atoms with Gasteiger partial charge < -0.3 is 19.9 Å². The lowest BCUT2D eigenvalue weighted by atomic mass is 9.79. The predicted octanol–water partition coefficient (Wildman–Crippen LogP) is 3.39. The largest absolute Gasteiger partial charge is 0.497 e. The Balaban J connectivity index is 0.000000187. The molecule has 6 nitrogen and oxygen atoms in total. The van der Waals surface area contributed by atoms with E-state index in [9.17, 15) is 5.11 Å². The van der Waals surface area contributed by atoms with Crippen LogP contribution >= 0.6 is 15.9 Å². The van der Waals surface area contributed by atoms with Gasteiger partial charge in [-0.25, -0.2) is 4.98 Å². The number of aliphatic hydroxyl groups is 1. The van der Waals surface area contributed by atoms with Gasteiger partial charge in [0.2, 0.25) is 0 Å². The predicted molar refractivity (Wildman–Crippen MR) is 127 cm³/mol. The summed E-state index contributed by atoms with van der Waals surface area (Å²) in [6, 6.07) is 20.5. The fraction of sp³-hybridized carbons (Fsp3) is 0.174. The van der Waals surface area contributed by atoms with Gasteiger partial charge in [-0.3, -0.25) is 4.57 Å². The normalized spacial score (nSPS) is 11.1. The topological polar surface area (TPSA) is 87.7 Å². The van der Waals surface area contributed by atoms with Gasteiger partial charge in [0, 0.05) is 10.2 Å². The van der Waals surface area contributed by atoms with Crippen molar-refractivity contribution < 1.29 is 19.9 Å². The van der Waals surface area contributed by atoms with Gasteiger partial charge in [0.25, 0.3) is 0 Å². The third-order valence-electron chi connectivity index (χ3n) is 4.78. The number of aromatic nitrogens is 2. The van der Waals surface area contributed by atoms with Gasteiger partial charge in [-0.05, 0) is 67.3 Å². The van der Waals surface area contributed by atoms with E-state index < -0.39 is 12.7 Å². The van der Waals surface area contributed by atoms with Crippen LogP contribution < -0.4 is 10.2 Å². The third-order valence-corrected chi connectivity index (χ3v) is 5.27. The van der Waals surface area contributed by atoms with Crippen LogP contribution in [0.3, 0.4) is 0 Å². The van der Waals surface area contributed by atoms with Crippen LogP contribution in [0, 0.1) is 0 Å². The van der Waals surface area contributed by atoms with Gasteiger partial charge >= 0.3 is 7.12 Å². The molecular weight excluding hydrogens is 459 g/mol. The minimum atomic E-state index is -1.45. The minimum Gasteiger partial charge on any atom is -0.497 e. The van der Waals surface area contributed by atoms with Crippen molar-refractivity contribution in [1.82, 2.24) is 9.55 Å². The number of benzene rings is 3. The number of hydrogen-bond donors (Lipinski definition) is 3. The average Bonchev–Trinajstić information content (AvgIpc) is 3.17. The Bertz CT molecular complexity index is 1140. The van der Waals surface area contributed by atoms with E-state index in [2.05, 4.69) is 31.5 Å². The second-order valence-electron chi connectivity index (χ2n) is 7.50. The summed E-state index contributed by atoms with van der Waals surface area (Å²) in [5.74, 6) is 0.851. The maximum Gasteiger partial charge on any atom is 0.488 e. The van der Waals surface area contributed by atoms with Crippen LogP contribution in [0.25, 0.3) is 16.7 Å². The van der Waals surface area contributed by atoms with Crippen molar-refractivity contribution in [1.29, 1.82) is 0 Å². The molecule has 0 unspecified atom stereocenters. The van der Waals surface area contributed by atoms with Crippen LogP contribution in [0.2, 0.25) is 0 Å². The van der Waals surface area contributed by atoms with Gasteiger partial charge in [-0.1, -0.05) is 40.2 Å². The molecule has 4 rings (SSSR count). The number of methoxy groups -OCH3 is 1. The zero-order valence-corrected chi connectivity index (χ0v) is 19.1. The zero-order valence-electron chi connectivity index (χ0n) is 17.5. The quantitative estimate of drug-likeness (QED) is 0.388. The van der Waals surface area contributed by atoms with Crippen LogP contribution in [-0.4, -0.2) is 38.9 Å². The fourth-order valence-corrected chi connectivity index (χ4v) is 3.34. The number of ether oxygens (including phenoxy) is 1. The molecule has 0 amide bonds. The van der Waals surface area contributed by atoms with Crippen LogP contribution in [0.4, 0.5) is 0 Å². The highest BCUT2D eigenvalue weighted by Gasteiger charge is 2.17. The van der Waals surface area contributed by atoms with Gasteiger partial charge in [0.05, 0.1) is 23.7 Å². The molecule has 0 fully saturated rings. The first-order chi connectivity index (χ1) is 14.7. The van der Waals surface area contributed by atoms with Crippen molar-refractivity contribution in [2.45, 2.75) is 19.4 Å². The highest BCUT2D eigenvalue weighted by Crippen LogP contribution is 2.23. The molecule has 0 saturated heterocycles. The molecule has 1 heterocycles. The van der Waals surface area contributed by atoms with E-state index in [0.29, 0.717) is 5.46 Å². The van der Waals surface area contributed by atoms with Crippen molar-refractivity contribution in [2.75, 3.05) is 7.11 Å². The summed E-state index contributed by atoms with van der Waals surface area (Å²) in [5.41, 5.74) is 3.41. The number of imidazole rings is 1. The first-order valence-electron chi connectivity index (χ1n) is 9.65. The first kappa shape index (κ1) is 23.0. The molecule has 160 valence electrons. The lowest BCUT2D eigenvalue weighted by molar-refractivity contribution is 0.0786. The van der Waals surface area contributed by atoms with Crippen LogP contribution in [0.5, 0.6) is 5.75 Å². The number of rotatable bonds is 4. The molecule has 31 heavy (non-hydrogen) atoms. The van der Waals surface area contributed by atoms with Crippen molar-refractivity contribution in [2.24, 2.45) is 0 Å². The Kier molecular flexibility index (Phi) is 7.17. The summed E-state index contributed by atoms with van der Waals surface area (Å²) in [5, 5.41) is 27.2. The van der Waals surface area contributed by atoms with E-state index in [4.69, 9.17) is 14.8 Å². The first-order valence-corrected chi connectivity index (χ1v) is 10.4. The second kappa shape index (κ2) is 9.66. The molecule has 0 aliphatic heterocycles.